The van der Waals surface area contributed by atoms with Gasteiger partial charge in [0.1, 0.15) is 0 Å². The van der Waals surface area contributed by atoms with Crippen molar-refractivity contribution in [3.8, 4) is 11.5 Å². The Morgan fingerprint density at radius 1 is 1.33 bits per heavy atom. The Morgan fingerprint density at radius 3 is 2.62 bits per heavy atom. The van der Waals surface area contributed by atoms with E-state index in [1.165, 1.54) is 6.07 Å². The van der Waals surface area contributed by atoms with Crippen molar-refractivity contribution in [1.82, 2.24) is 5.32 Å². The third kappa shape index (κ3) is 6.39. The molecule has 2 unspecified atom stereocenters. The van der Waals surface area contributed by atoms with Crippen LogP contribution >= 0.6 is 0 Å². The second-order valence-corrected chi connectivity index (χ2v) is 6.33. The average Bonchev–Trinajstić information content (AvgIpc) is 2.41. The Bertz CT molecular complexity index is 472. The average molecular weight is 321 g/mol. The molecule has 0 amide bonds. The van der Waals surface area contributed by atoms with Crippen LogP contribution in [0.2, 0.25) is 0 Å². The van der Waals surface area contributed by atoms with Crippen molar-refractivity contribution in [2.75, 3.05) is 19.4 Å². The van der Waals surface area contributed by atoms with Crippen LogP contribution < -0.4 is 14.8 Å². The lowest BCUT2D eigenvalue weighted by Gasteiger charge is -2.14. The van der Waals surface area contributed by atoms with Crippen LogP contribution in [0, 0.1) is 0 Å². The molecular formula is C14H21F2NO3S. The summed E-state index contributed by atoms with van der Waals surface area (Å²) in [5.41, 5.74) is 0.883. The SMILES string of the molecule is CCOc1cc(CNCC(C)S(C)=O)ccc1OC(F)F. The summed E-state index contributed by atoms with van der Waals surface area (Å²) in [4.78, 5) is 0. The predicted octanol–water partition coefficient (Wildman–Crippen LogP) is 2.54. The van der Waals surface area contributed by atoms with E-state index in [4.69, 9.17) is 4.74 Å². The van der Waals surface area contributed by atoms with Gasteiger partial charge in [-0.1, -0.05) is 6.07 Å². The van der Waals surface area contributed by atoms with Gasteiger partial charge >= 0.3 is 6.61 Å². The molecule has 7 heteroatoms. The van der Waals surface area contributed by atoms with E-state index in [-0.39, 0.29) is 11.0 Å². The molecule has 1 aromatic carbocycles. The van der Waals surface area contributed by atoms with E-state index in [1.807, 2.05) is 6.92 Å². The summed E-state index contributed by atoms with van der Waals surface area (Å²) >= 11 is 0. The van der Waals surface area contributed by atoms with Gasteiger partial charge in [-0.25, -0.2) is 0 Å². The van der Waals surface area contributed by atoms with Crippen LogP contribution in [0.1, 0.15) is 19.4 Å². The fraction of sp³-hybridized carbons (Fsp3) is 0.571. The smallest absolute Gasteiger partial charge is 0.387 e. The summed E-state index contributed by atoms with van der Waals surface area (Å²) < 4.78 is 45.5. The first kappa shape index (κ1) is 17.8. The Hall–Kier alpha value is -1.21. The van der Waals surface area contributed by atoms with Crippen molar-refractivity contribution in [3.05, 3.63) is 23.8 Å². The van der Waals surface area contributed by atoms with Gasteiger partial charge in [0.2, 0.25) is 0 Å². The number of alkyl halides is 2. The fourth-order valence-electron chi connectivity index (χ4n) is 1.66. The minimum Gasteiger partial charge on any atom is -0.490 e. The maximum absolute atomic E-state index is 12.3. The zero-order chi connectivity index (χ0) is 15.8. The highest BCUT2D eigenvalue weighted by atomic mass is 32.2. The van der Waals surface area contributed by atoms with Crippen LogP contribution in [0.15, 0.2) is 18.2 Å². The van der Waals surface area contributed by atoms with Gasteiger partial charge in [0.05, 0.1) is 6.61 Å². The minimum atomic E-state index is -2.88. The zero-order valence-corrected chi connectivity index (χ0v) is 13.2. The molecule has 1 rings (SSSR count). The van der Waals surface area contributed by atoms with Gasteiger partial charge in [-0.2, -0.15) is 8.78 Å². The Labute approximate surface area is 126 Å². The molecule has 1 N–H and O–H groups in total. The minimum absolute atomic E-state index is 0.0265. The molecule has 1 aromatic rings. The van der Waals surface area contributed by atoms with Crippen LogP contribution in [0.4, 0.5) is 8.78 Å². The fourth-order valence-corrected chi connectivity index (χ4v) is 2.01. The van der Waals surface area contributed by atoms with E-state index in [2.05, 4.69) is 10.1 Å². The topological polar surface area (TPSA) is 47.6 Å². The number of nitrogens with one attached hydrogen (secondary N) is 1. The molecule has 4 nitrogen and oxygen atoms in total. The molecule has 0 aromatic heterocycles. The van der Waals surface area contributed by atoms with E-state index in [0.717, 1.165) is 5.56 Å². The predicted molar refractivity (Wildman–Crippen MR) is 79.5 cm³/mol. The lowest BCUT2D eigenvalue weighted by Crippen LogP contribution is -2.27. The van der Waals surface area contributed by atoms with E-state index in [0.29, 0.717) is 25.4 Å². The molecule has 0 aliphatic carbocycles. The highest BCUT2D eigenvalue weighted by Crippen LogP contribution is 2.29. The molecule has 0 fully saturated rings. The molecule has 0 bridgehead atoms. The summed E-state index contributed by atoms with van der Waals surface area (Å²) in [7, 11) is -0.877. The van der Waals surface area contributed by atoms with Crippen LogP contribution in [0.3, 0.4) is 0 Å². The van der Waals surface area contributed by atoms with Gasteiger partial charge in [0.15, 0.2) is 11.5 Å². The first-order valence-corrected chi connectivity index (χ1v) is 8.29. The van der Waals surface area contributed by atoms with Crippen LogP contribution in [0.25, 0.3) is 0 Å². The van der Waals surface area contributed by atoms with Crippen molar-refractivity contribution in [3.63, 3.8) is 0 Å². The van der Waals surface area contributed by atoms with Crippen molar-refractivity contribution >= 4 is 10.8 Å². The summed E-state index contributed by atoms with van der Waals surface area (Å²) in [5.74, 6) is 0.322. The largest absolute Gasteiger partial charge is 0.490 e. The molecule has 120 valence electrons. The molecule has 0 saturated heterocycles. The molecule has 2 atom stereocenters. The molecule has 0 saturated carbocycles. The number of benzene rings is 1. The van der Waals surface area contributed by atoms with Crippen molar-refractivity contribution in [2.45, 2.75) is 32.3 Å². The molecule has 21 heavy (non-hydrogen) atoms. The van der Waals surface area contributed by atoms with Gasteiger partial charge in [-0.05, 0) is 31.5 Å². The normalized spacial score (nSPS) is 14.0. The number of hydrogen-bond donors (Lipinski definition) is 1. The number of hydrogen-bond acceptors (Lipinski definition) is 4. The summed E-state index contributed by atoms with van der Waals surface area (Å²) in [6, 6.07) is 4.83. The van der Waals surface area contributed by atoms with Crippen molar-refractivity contribution < 1.29 is 22.5 Å². The standard InChI is InChI=1S/C14H21F2NO3S/c1-4-19-13-7-11(5-6-12(13)20-14(15)16)9-17-8-10(2)21(3)18/h5-7,10,14,17H,4,8-9H2,1-3H3. The maximum atomic E-state index is 12.3. The quantitative estimate of drug-likeness (QED) is 0.759. The van der Waals surface area contributed by atoms with Gasteiger partial charge < -0.3 is 14.8 Å². The summed E-state index contributed by atoms with van der Waals surface area (Å²) in [6.07, 6.45) is 1.66. The Kier molecular flexibility index (Phi) is 7.60. The van der Waals surface area contributed by atoms with Crippen LogP contribution in [0.5, 0.6) is 11.5 Å². The second-order valence-electron chi connectivity index (χ2n) is 4.53. The summed E-state index contributed by atoms with van der Waals surface area (Å²) in [6.45, 7) is 2.30. The number of ether oxygens (including phenoxy) is 2. The Balaban J connectivity index is 2.67. The van der Waals surface area contributed by atoms with E-state index in [9.17, 15) is 13.0 Å². The number of rotatable bonds is 9. The van der Waals surface area contributed by atoms with E-state index in [1.54, 1.807) is 25.3 Å². The lowest BCUT2D eigenvalue weighted by atomic mass is 10.2. The molecule has 0 aliphatic heterocycles. The van der Waals surface area contributed by atoms with Gasteiger partial charge in [0.25, 0.3) is 0 Å². The molecular weight excluding hydrogens is 300 g/mol. The molecule has 0 heterocycles. The number of halogens is 2. The van der Waals surface area contributed by atoms with Crippen LogP contribution in [-0.2, 0) is 17.3 Å². The van der Waals surface area contributed by atoms with Crippen LogP contribution in [-0.4, -0.2) is 35.5 Å². The monoisotopic (exact) mass is 321 g/mol. The van der Waals surface area contributed by atoms with Gasteiger partial charge in [-0.15, -0.1) is 0 Å². The van der Waals surface area contributed by atoms with Gasteiger partial charge in [-0.3, -0.25) is 4.21 Å². The zero-order valence-electron chi connectivity index (χ0n) is 12.4. The maximum Gasteiger partial charge on any atom is 0.387 e. The third-order valence-corrected chi connectivity index (χ3v) is 4.15. The van der Waals surface area contributed by atoms with E-state index < -0.39 is 17.4 Å². The molecule has 0 radical (unpaired) electrons. The Morgan fingerprint density at radius 2 is 2.05 bits per heavy atom. The van der Waals surface area contributed by atoms with Gasteiger partial charge in [0, 0.05) is 35.4 Å². The first-order chi connectivity index (χ1) is 9.93. The molecule has 0 spiro atoms. The molecule has 0 aliphatic rings. The van der Waals surface area contributed by atoms with E-state index >= 15 is 0 Å². The third-order valence-electron chi connectivity index (χ3n) is 2.85. The first-order valence-electron chi connectivity index (χ1n) is 6.67. The second kappa shape index (κ2) is 8.94. The highest BCUT2D eigenvalue weighted by molar-refractivity contribution is 7.84. The highest BCUT2D eigenvalue weighted by Gasteiger charge is 2.12. The summed E-state index contributed by atoms with van der Waals surface area (Å²) in [5, 5.41) is 3.23. The van der Waals surface area contributed by atoms with Crippen molar-refractivity contribution in [1.29, 1.82) is 0 Å². The van der Waals surface area contributed by atoms with Crippen molar-refractivity contribution in [2.24, 2.45) is 0 Å². The lowest BCUT2D eigenvalue weighted by molar-refractivity contribution is -0.0514.